The van der Waals surface area contributed by atoms with Gasteiger partial charge in [0.05, 0.1) is 27.0 Å². The van der Waals surface area contributed by atoms with Gasteiger partial charge in [0, 0.05) is 12.2 Å². The van der Waals surface area contributed by atoms with Gasteiger partial charge in [-0.1, -0.05) is 23.2 Å². The van der Waals surface area contributed by atoms with Crippen molar-refractivity contribution in [2.24, 2.45) is 0 Å². The van der Waals surface area contributed by atoms with Crippen molar-refractivity contribution >= 4 is 50.5 Å². The van der Waals surface area contributed by atoms with Crippen molar-refractivity contribution in [2.75, 3.05) is 21.9 Å². The largest absolute Gasteiger partial charge is 0.322 e. The molecule has 0 saturated carbocycles. The topological polar surface area (TPSA) is 66.5 Å². The van der Waals surface area contributed by atoms with Crippen LogP contribution < -0.4 is 9.62 Å². The number of carbonyl (C=O) groups excluding carboxylic acids is 1. The van der Waals surface area contributed by atoms with Crippen molar-refractivity contribution < 1.29 is 17.6 Å². The highest BCUT2D eigenvalue weighted by molar-refractivity contribution is 7.92. The lowest BCUT2D eigenvalue weighted by atomic mass is 10.1. The van der Waals surface area contributed by atoms with Gasteiger partial charge in [-0.2, -0.15) is 0 Å². The number of hydrogen-bond donors (Lipinski definition) is 1. The second-order valence-electron chi connectivity index (χ2n) is 5.84. The number of nitrogens with one attached hydrogen (secondary N) is 1. The minimum absolute atomic E-state index is 0.0746. The molecule has 1 N–H and O–H groups in total. The van der Waals surface area contributed by atoms with Gasteiger partial charge < -0.3 is 5.32 Å². The third-order valence-electron chi connectivity index (χ3n) is 4.01. The summed E-state index contributed by atoms with van der Waals surface area (Å²) >= 11 is 11.8. The first-order valence-electron chi connectivity index (χ1n) is 7.84. The summed E-state index contributed by atoms with van der Waals surface area (Å²) in [6.07, 6.45) is 1.36. The maximum Gasteiger partial charge on any atom is 0.257 e. The summed E-state index contributed by atoms with van der Waals surface area (Å²) in [5, 5.41) is 2.63. The van der Waals surface area contributed by atoms with Crippen LogP contribution in [-0.2, 0) is 10.0 Å². The molecule has 0 aliphatic carbocycles. The molecule has 1 aliphatic rings. The zero-order valence-corrected chi connectivity index (χ0v) is 15.8. The van der Waals surface area contributed by atoms with Gasteiger partial charge in [-0.3, -0.25) is 9.10 Å². The van der Waals surface area contributed by atoms with E-state index in [1.807, 2.05) is 0 Å². The molecule has 0 unspecified atom stereocenters. The lowest BCUT2D eigenvalue weighted by molar-refractivity contribution is 0.102. The normalized spacial score (nSPS) is 16.3. The maximum absolute atomic E-state index is 13.2. The van der Waals surface area contributed by atoms with E-state index in [1.165, 1.54) is 28.6 Å². The molecule has 138 valence electrons. The molecule has 0 atom stereocenters. The predicted octanol–water partition coefficient (Wildman–Crippen LogP) is 4.31. The zero-order chi connectivity index (χ0) is 18.9. The second-order valence-corrected chi connectivity index (χ2v) is 8.67. The van der Waals surface area contributed by atoms with Gasteiger partial charge in [0.2, 0.25) is 10.0 Å². The fraction of sp³-hybridized carbons (Fsp3) is 0.235. The fourth-order valence-electron chi connectivity index (χ4n) is 2.69. The molecular formula is C17H15Cl2FN2O3S. The monoisotopic (exact) mass is 416 g/mol. The molecule has 0 aromatic heterocycles. The molecule has 2 aromatic carbocycles. The molecular weight excluding hydrogens is 402 g/mol. The first-order chi connectivity index (χ1) is 12.3. The Balaban J connectivity index is 1.89. The number of amides is 1. The number of anilines is 2. The zero-order valence-electron chi connectivity index (χ0n) is 13.5. The van der Waals surface area contributed by atoms with E-state index in [0.29, 0.717) is 24.3 Å². The first-order valence-corrected chi connectivity index (χ1v) is 10.2. The molecule has 3 rings (SSSR count). The minimum Gasteiger partial charge on any atom is -0.322 e. The van der Waals surface area contributed by atoms with E-state index in [0.717, 1.165) is 12.5 Å². The molecule has 0 radical (unpaired) electrons. The smallest absolute Gasteiger partial charge is 0.257 e. The van der Waals surface area contributed by atoms with E-state index in [9.17, 15) is 17.6 Å². The second kappa shape index (κ2) is 7.42. The quantitative estimate of drug-likeness (QED) is 0.809. The molecule has 0 spiro atoms. The summed E-state index contributed by atoms with van der Waals surface area (Å²) in [5.74, 6) is -1.07. The predicted molar refractivity (Wildman–Crippen MR) is 101 cm³/mol. The average Bonchev–Trinajstić information content (AvgIpc) is 2.58. The van der Waals surface area contributed by atoms with Gasteiger partial charge in [-0.15, -0.1) is 0 Å². The summed E-state index contributed by atoms with van der Waals surface area (Å²) in [4.78, 5) is 12.5. The third kappa shape index (κ3) is 3.95. The Labute approximate surface area is 160 Å². The summed E-state index contributed by atoms with van der Waals surface area (Å²) in [5.41, 5.74) is 0.801. The molecule has 1 saturated heterocycles. The van der Waals surface area contributed by atoms with Crippen LogP contribution in [0.4, 0.5) is 15.8 Å². The van der Waals surface area contributed by atoms with E-state index in [2.05, 4.69) is 5.32 Å². The van der Waals surface area contributed by atoms with Crippen LogP contribution in [0.1, 0.15) is 23.2 Å². The van der Waals surface area contributed by atoms with Crippen LogP contribution in [0.25, 0.3) is 0 Å². The molecule has 1 fully saturated rings. The third-order valence-corrected chi connectivity index (χ3v) is 6.50. The van der Waals surface area contributed by atoms with Crippen molar-refractivity contribution in [3.05, 3.63) is 57.8 Å². The fourth-order valence-corrected chi connectivity index (χ4v) is 4.71. The van der Waals surface area contributed by atoms with Crippen LogP contribution in [0, 0.1) is 5.82 Å². The van der Waals surface area contributed by atoms with Gasteiger partial charge in [0.15, 0.2) is 0 Å². The Hall–Kier alpha value is -1.83. The number of rotatable bonds is 3. The van der Waals surface area contributed by atoms with Gasteiger partial charge in [-0.05, 0) is 49.2 Å². The summed E-state index contributed by atoms with van der Waals surface area (Å²) in [6.45, 7) is 0.360. The van der Waals surface area contributed by atoms with E-state index in [-0.39, 0.29) is 21.4 Å². The Kier molecular flexibility index (Phi) is 5.41. The van der Waals surface area contributed by atoms with E-state index in [4.69, 9.17) is 23.2 Å². The molecule has 1 amide bonds. The highest BCUT2D eigenvalue weighted by atomic mass is 35.5. The number of carbonyl (C=O) groups is 1. The highest BCUT2D eigenvalue weighted by Gasteiger charge is 2.27. The van der Waals surface area contributed by atoms with Crippen molar-refractivity contribution in [1.82, 2.24) is 0 Å². The van der Waals surface area contributed by atoms with Gasteiger partial charge >= 0.3 is 0 Å². The highest BCUT2D eigenvalue weighted by Crippen LogP contribution is 2.29. The summed E-state index contributed by atoms with van der Waals surface area (Å²) < 4.78 is 39.0. The first kappa shape index (κ1) is 18.9. The number of halogens is 3. The Morgan fingerprint density at radius 2 is 1.85 bits per heavy atom. The van der Waals surface area contributed by atoms with Crippen LogP contribution in [0.2, 0.25) is 10.0 Å². The van der Waals surface area contributed by atoms with Crippen molar-refractivity contribution in [3.63, 3.8) is 0 Å². The molecule has 1 aliphatic heterocycles. The van der Waals surface area contributed by atoms with E-state index >= 15 is 0 Å². The molecule has 26 heavy (non-hydrogen) atoms. The Morgan fingerprint density at radius 3 is 2.54 bits per heavy atom. The molecule has 2 aromatic rings. The standard InChI is InChI=1S/C17H15Cl2FN2O3S/c18-14-5-4-12(22-7-1-2-8-26(22,24)25)10-13(14)17(23)21-11-3-6-16(20)15(19)9-11/h3-6,9-10H,1-2,7-8H2,(H,21,23). The Bertz CT molecular complexity index is 966. The number of nitrogens with zero attached hydrogens (tertiary/aromatic N) is 1. The van der Waals surface area contributed by atoms with Gasteiger partial charge in [-0.25, -0.2) is 12.8 Å². The van der Waals surface area contributed by atoms with Crippen LogP contribution >= 0.6 is 23.2 Å². The molecule has 1 heterocycles. The molecule has 9 heteroatoms. The summed E-state index contributed by atoms with van der Waals surface area (Å²) in [6, 6.07) is 8.26. The SMILES string of the molecule is O=C(Nc1ccc(F)c(Cl)c1)c1cc(N2CCCCS2(=O)=O)ccc1Cl. The van der Waals surface area contributed by atoms with Gasteiger partial charge in [0.25, 0.3) is 5.91 Å². The van der Waals surface area contributed by atoms with Crippen molar-refractivity contribution in [3.8, 4) is 0 Å². The van der Waals surface area contributed by atoms with E-state index < -0.39 is 21.7 Å². The van der Waals surface area contributed by atoms with Crippen LogP contribution in [0.5, 0.6) is 0 Å². The Morgan fingerprint density at radius 1 is 1.08 bits per heavy atom. The molecule has 5 nitrogen and oxygen atoms in total. The maximum atomic E-state index is 13.2. The number of hydrogen-bond acceptors (Lipinski definition) is 3. The number of sulfonamides is 1. The average molecular weight is 417 g/mol. The lowest BCUT2D eigenvalue weighted by Gasteiger charge is -2.28. The minimum atomic E-state index is -3.40. The molecule has 0 bridgehead atoms. The van der Waals surface area contributed by atoms with Gasteiger partial charge in [0.1, 0.15) is 5.82 Å². The van der Waals surface area contributed by atoms with Crippen LogP contribution in [0.15, 0.2) is 36.4 Å². The van der Waals surface area contributed by atoms with Crippen LogP contribution in [0.3, 0.4) is 0 Å². The number of benzene rings is 2. The van der Waals surface area contributed by atoms with Crippen molar-refractivity contribution in [1.29, 1.82) is 0 Å². The van der Waals surface area contributed by atoms with Crippen LogP contribution in [-0.4, -0.2) is 26.6 Å². The summed E-state index contributed by atoms with van der Waals surface area (Å²) in [7, 11) is -3.40. The van der Waals surface area contributed by atoms with Crippen molar-refractivity contribution in [2.45, 2.75) is 12.8 Å². The lowest BCUT2D eigenvalue weighted by Crippen LogP contribution is -2.38. The van der Waals surface area contributed by atoms with E-state index in [1.54, 1.807) is 6.07 Å².